The van der Waals surface area contributed by atoms with Crippen molar-refractivity contribution in [2.24, 2.45) is 0 Å². The number of hydrogen-bond acceptors (Lipinski definition) is 3. The number of hydrogen-bond donors (Lipinski definition) is 0. The summed E-state index contributed by atoms with van der Waals surface area (Å²) in [6.07, 6.45) is 0. The molecule has 0 aliphatic heterocycles. The third kappa shape index (κ3) is 3.80. The minimum absolute atomic E-state index is 0.562. The molecule has 108 valence electrons. The minimum Gasteiger partial charge on any atom is -0.370 e. The Labute approximate surface area is 122 Å². The highest BCUT2D eigenvalue weighted by atomic mass is 35.5. The fourth-order valence-corrected chi connectivity index (χ4v) is 4.85. The van der Waals surface area contributed by atoms with Crippen LogP contribution in [0.25, 0.3) is 0 Å². The third-order valence-corrected chi connectivity index (χ3v) is 6.39. The molecule has 0 unspecified atom stereocenters. The Morgan fingerprint density at radius 1 is 0.895 bits per heavy atom. The van der Waals surface area contributed by atoms with Gasteiger partial charge in [-0.1, -0.05) is 23.7 Å². The Morgan fingerprint density at radius 3 is 1.58 bits per heavy atom. The Bertz CT molecular complexity index is 383. The summed E-state index contributed by atoms with van der Waals surface area (Å²) in [7, 11) is -2.82. The van der Waals surface area contributed by atoms with E-state index in [4.69, 9.17) is 24.9 Å². The average molecular weight is 303 g/mol. The normalized spacial score (nSPS) is 11.9. The predicted molar refractivity (Wildman–Crippen MR) is 81.2 cm³/mol. The summed E-state index contributed by atoms with van der Waals surface area (Å²) in [4.78, 5) is 0. The maximum absolute atomic E-state index is 6.22. The molecule has 0 atom stereocenters. The summed E-state index contributed by atoms with van der Waals surface area (Å²) in [6.45, 7) is 11.5. The van der Waals surface area contributed by atoms with Crippen LogP contribution in [0.5, 0.6) is 0 Å². The van der Waals surface area contributed by atoms with Gasteiger partial charge in [0.25, 0.3) is 0 Å². The van der Waals surface area contributed by atoms with Crippen molar-refractivity contribution in [3.63, 3.8) is 0 Å². The van der Waals surface area contributed by atoms with Crippen LogP contribution in [0, 0.1) is 13.8 Å². The molecule has 0 aromatic heterocycles. The van der Waals surface area contributed by atoms with Gasteiger partial charge in [-0.05, 0) is 45.7 Å². The quantitative estimate of drug-likeness (QED) is 0.724. The van der Waals surface area contributed by atoms with Crippen LogP contribution in [0.3, 0.4) is 0 Å². The molecule has 0 N–H and O–H groups in total. The van der Waals surface area contributed by atoms with Crippen LogP contribution in [0.2, 0.25) is 5.02 Å². The fourth-order valence-electron chi connectivity index (χ4n) is 2.07. The minimum atomic E-state index is -2.82. The van der Waals surface area contributed by atoms with Crippen LogP contribution in [-0.4, -0.2) is 28.6 Å². The van der Waals surface area contributed by atoms with Gasteiger partial charge < -0.3 is 13.3 Å². The van der Waals surface area contributed by atoms with Crippen molar-refractivity contribution in [2.75, 3.05) is 19.8 Å². The SMILES string of the molecule is CCO[Si](OCC)(OCC)c1cc(C)c(Cl)c(C)c1. The fraction of sp³-hybridized carbons (Fsp3) is 0.571. The van der Waals surface area contributed by atoms with Gasteiger partial charge in [-0.15, -0.1) is 0 Å². The Morgan fingerprint density at radius 2 is 1.26 bits per heavy atom. The molecule has 0 spiro atoms. The lowest BCUT2D eigenvalue weighted by atomic mass is 10.2. The van der Waals surface area contributed by atoms with E-state index >= 15 is 0 Å². The van der Waals surface area contributed by atoms with Gasteiger partial charge in [-0.25, -0.2) is 0 Å². The van der Waals surface area contributed by atoms with Gasteiger partial charge in [-0.3, -0.25) is 0 Å². The molecular weight excluding hydrogens is 280 g/mol. The van der Waals surface area contributed by atoms with E-state index in [2.05, 4.69) is 0 Å². The van der Waals surface area contributed by atoms with Crippen LogP contribution < -0.4 is 5.19 Å². The first-order valence-corrected chi connectivity index (χ1v) is 8.80. The zero-order chi connectivity index (χ0) is 14.5. The van der Waals surface area contributed by atoms with E-state index in [-0.39, 0.29) is 0 Å². The molecule has 0 heterocycles. The molecule has 19 heavy (non-hydrogen) atoms. The summed E-state index contributed by atoms with van der Waals surface area (Å²) in [5.74, 6) is 0. The van der Waals surface area contributed by atoms with E-state index in [1.165, 1.54) is 0 Å². The molecule has 1 rings (SSSR count). The van der Waals surface area contributed by atoms with E-state index in [1.807, 2.05) is 46.8 Å². The zero-order valence-electron chi connectivity index (χ0n) is 12.4. The van der Waals surface area contributed by atoms with Crippen LogP contribution in [0.1, 0.15) is 31.9 Å². The lowest BCUT2D eigenvalue weighted by Crippen LogP contribution is -2.57. The number of rotatable bonds is 7. The molecular formula is C14H23ClO3Si. The molecule has 0 radical (unpaired) electrons. The number of benzene rings is 1. The molecule has 3 nitrogen and oxygen atoms in total. The van der Waals surface area contributed by atoms with Crippen LogP contribution >= 0.6 is 11.6 Å². The van der Waals surface area contributed by atoms with Gasteiger partial charge >= 0.3 is 8.80 Å². The third-order valence-electron chi connectivity index (χ3n) is 2.79. The van der Waals surface area contributed by atoms with Gasteiger partial charge in [0, 0.05) is 30.0 Å². The van der Waals surface area contributed by atoms with Crippen molar-refractivity contribution in [1.82, 2.24) is 0 Å². The van der Waals surface area contributed by atoms with Crippen molar-refractivity contribution in [3.8, 4) is 0 Å². The molecule has 1 aromatic rings. The average Bonchev–Trinajstić information content (AvgIpc) is 2.36. The Hall–Kier alpha value is -0.393. The van der Waals surface area contributed by atoms with Crippen LogP contribution in [0.4, 0.5) is 0 Å². The van der Waals surface area contributed by atoms with Crippen molar-refractivity contribution < 1.29 is 13.3 Å². The van der Waals surface area contributed by atoms with Crippen molar-refractivity contribution >= 4 is 25.6 Å². The van der Waals surface area contributed by atoms with Crippen molar-refractivity contribution in [1.29, 1.82) is 0 Å². The van der Waals surface area contributed by atoms with Gasteiger partial charge in [0.1, 0.15) is 0 Å². The molecule has 0 amide bonds. The second kappa shape index (κ2) is 7.41. The predicted octanol–water partition coefficient (Wildman–Crippen LogP) is 3.21. The lowest BCUT2D eigenvalue weighted by Gasteiger charge is -2.29. The number of halogens is 1. The van der Waals surface area contributed by atoms with Crippen LogP contribution in [-0.2, 0) is 13.3 Å². The summed E-state index contributed by atoms with van der Waals surface area (Å²) in [5, 5.41) is 1.77. The maximum atomic E-state index is 6.22. The monoisotopic (exact) mass is 302 g/mol. The highest BCUT2D eigenvalue weighted by Gasteiger charge is 2.43. The van der Waals surface area contributed by atoms with E-state index in [9.17, 15) is 0 Å². The molecule has 0 bridgehead atoms. The van der Waals surface area contributed by atoms with E-state index in [0.717, 1.165) is 21.3 Å². The molecule has 0 aliphatic rings. The molecule has 0 saturated heterocycles. The first-order valence-electron chi connectivity index (χ1n) is 6.69. The standard InChI is InChI=1S/C14H23ClO3Si/c1-6-16-19(17-7-2,18-8-3)13-9-11(4)14(15)12(5)10-13/h9-10H,6-8H2,1-5H3. The summed E-state index contributed by atoms with van der Waals surface area (Å²) >= 11 is 6.22. The Balaban J connectivity index is 3.29. The van der Waals surface area contributed by atoms with E-state index in [1.54, 1.807) is 0 Å². The molecule has 0 saturated carbocycles. The van der Waals surface area contributed by atoms with E-state index < -0.39 is 8.80 Å². The van der Waals surface area contributed by atoms with Crippen molar-refractivity contribution in [3.05, 3.63) is 28.3 Å². The smallest absolute Gasteiger partial charge is 0.370 e. The largest absolute Gasteiger partial charge is 0.537 e. The highest BCUT2D eigenvalue weighted by molar-refractivity contribution is 6.75. The van der Waals surface area contributed by atoms with Gasteiger partial charge in [0.2, 0.25) is 0 Å². The molecule has 0 fully saturated rings. The first-order chi connectivity index (χ1) is 9.00. The summed E-state index contributed by atoms with van der Waals surface area (Å²) in [5.41, 5.74) is 2.04. The summed E-state index contributed by atoms with van der Waals surface area (Å²) < 4.78 is 17.7. The van der Waals surface area contributed by atoms with Gasteiger partial charge in [0.05, 0.1) is 0 Å². The van der Waals surface area contributed by atoms with Gasteiger partial charge in [-0.2, -0.15) is 0 Å². The molecule has 1 aromatic carbocycles. The van der Waals surface area contributed by atoms with Crippen LogP contribution in [0.15, 0.2) is 12.1 Å². The zero-order valence-corrected chi connectivity index (χ0v) is 14.1. The summed E-state index contributed by atoms with van der Waals surface area (Å²) in [6, 6.07) is 4.03. The lowest BCUT2D eigenvalue weighted by molar-refractivity contribution is 0.0859. The second-order valence-corrected chi connectivity index (χ2v) is 7.21. The number of aryl methyl sites for hydroxylation is 2. The van der Waals surface area contributed by atoms with E-state index in [0.29, 0.717) is 19.8 Å². The first kappa shape index (κ1) is 16.7. The van der Waals surface area contributed by atoms with Gasteiger partial charge in [0.15, 0.2) is 0 Å². The topological polar surface area (TPSA) is 27.7 Å². The second-order valence-electron chi connectivity index (χ2n) is 4.28. The molecule has 5 heteroatoms. The Kier molecular flexibility index (Phi) is 6.49. The highest BCUT2D eigenvalue weighted by Crippen LogP contribution is 2.21. The van der Waals surface area contributed by atoms with Crippen molar-refractivity contribution in [2.45, 2.75) is 34.6 Å². The molecule has 0 aliphatic carbocycles. The maximum Gasteiger partial charge on any atom is 0.537 e.